The highest BCUT2D eigenvalue weighted by Crippen LogP contribution is 2.50. The van der Waals surface area contributed by atoms with Crippen molar-refractivity contribution in [2.75, 3.05) is 13.2 Å². The highest BCUT2D eigenvalue weighted by molar-refractivity contribution is 5.94. The van der Waals surface area contributed by atoms with Crippen molar-refractivity contribution in [1.29, 1.82) is 0 Å². The second-order valence-electron chi connectivity index (χ2n) is 6.77. The molecule has 2 aliphatic heterocycles. The molecule has 2 aliphatic rings. The van der Waals surface area contributed by atoms with E-state index >= 15 is 0 Å². The van der Waals surface area contributed by atoms with Crippen LogP contribution in [0, 0.1) is 6.92 Å². The van der Waals surface area contributed by atoms with Gasteiger partial charge in [-0.1, -0.05) is 0 Å². The first-order valence-electron chi connectivity index (χ1n) is 8.56. The van der Waals surface area contributed by atoms with Crippen molar-refractivity contribution in [3.05, 3.63) is 30.5 Å². The minimum absolute atomic E-state index is 0.276. The summed E-state index contributed by atoms with van der Waals surface area (Å²) in [5, 5.41) is 28.2. The molecule has 3 N–H and O–H groups in total. The number of hydrogen-bond donors (Lipinski definition) is 3. The van der Waals surface area contributed by atoms with E-state index in [9.17, 15) is 10.2 Å². The first-order valence-corrected chi connectivity index (χ1v) is 8.56. The number of aliphatic hydroxyl groups excluding tert-OH is 2. The summed E-state index contributed by atoms with van der Waals surface area (Å²) < 4.78 is 13.7. The summed E-state index contributed by atoms with van der Waals surface area (Å²) in [7, 11) is 0. The molecule has 3 aromatic rings. The zero-order valence-corrected chi connectivity index (χ0v) is 14.2. The molecule has 5 rings (SSSR count). The number of aliphatic hydroxyl groups is 2. The minimum atomic E-state index is -0.902. The van der Waals surface area contributed by atoms with Crippen LogP contribution in [0.5, 0.6) is 0 Å². The number of aromatic amines is 1. The molecule has 136 valence electrons. The lowest BCUT2D eigenvalue weighted by molar-refractivity contribution is -0.225. The van der Waals surface area contributed by atoms with E-state index in [0.717, 1.165) is 22.3 Å². The molecule has 0 unspecified atom stereocenters. The second kappa shape index (κ2) is 5.58. The van der Waals surface area contributed by atoms with Crippen LogP contribution in [0.1, 0.15) is 18.3 Å². The number of aryl methyl sites for hydroxylation is 1. The van der Waals surface area contributed by atoms with E-state index in [1.165, 1.54) is 6.33 Å². The lowest BCUT2D eigenvalue weighted by Gasteiger charge is -2.44. The third-order valence-electron chi connectivity index (χ3n) is 5.45. The lowest BCUT2D eigenvalue weighted by Crippen LogP contribution is -2.56. The molecule has 5 heterocycles. The van der Waals surface area contributed by atoms with Crippen LogP contribution in [0.4, 0.5) is 0 Å². The smallest absolute Gasteiger partial charge is 0.167 e. The molecular weight excluding hydrogens is 338 g/mol. The average Bonchev–Trinajstić information content (AvgIpc) is 3.29. The Kier molecular flexibility index (Phi) is 3.41. The van der Waals surface area contributed by atoms with Gasteiger partial charge in [0.2, 0.25) is 0 Å². The maximum atomic E-state index is 10.6. The van der Waals surface area contributed by atoms with Crippen LogP contribution in [0.25, 0.3) is 22.3 Å². The van der Waals surface area contributed by atoms with Gasteiger partial charge < -0.3 is 24.3 Å². The third-order valence-corrected chi connectivity index (χ3v) is 5.45. The van der Waals surface area contributed by atoms with Crippen molar-refractivity contribution in [3.63, 3.8) is 0 Å². The first kappa shape index (κ1) is 15.9. The zero-order valence-electron chi connectivity index (χ0n) is 14.2. The van der Waals surface area contributed by atoms with Gasteiger partial charge in [0.05, 0.1) is 24.6 Å². The van der Waals surface area contributed by atoms with E-state index < -0.39 is 24.0 Å². The van der Waals surface area contributed by atoms with E-state index in [-0.39, 0.29) is 6.61 Å². The number of aromatic nitrogens is 5. The molecule has 3 aromatic heterocycles. The number of nitrogens with one attached hydrogen (secondary N) is 1. The Labute approximate surface area is 148 Å². The van der Waals surface area contributed by atoms with E-state index in [4.69, 9.17) is 9.47 Å². The summed E-state index contributed by atoms with van der Waals surface area (Å²) in [6.45, 7) is 2.19. The van der Waals surface area contributed by atoms with Crippen molar-refractivity contribution >= 4 is 11.0 Å². The van der Waals surface area contributed by atoms with Gasteiger partial charge in [0.1, 0.15) is 29.8 Å². The molecule has 0 aromatic carbocycles. The molecule has 2 saturated heterocycles. The van der Waals surface area contributed by atoms with Crippen LogP contribution >= 0.6 is 0 Å². The van der Waals surface area contributed by atoms with Crippen molar-refractivity contribution in [2.24, 2.45) is 0 Å². The minimum Gasteiger partial charge on any atom is -0.394 e. The summed E-state index contributed by atoms with van der Waals surface area (Å²) in [6.07, 6.45) is 3.63. The van der Waals surface area contributed by atoms with Gasteiger partial charge in [-0.3, -0.25) is 5.10 Å². The normalized spacial score (nSPS) is 31.0. The number of ether oxygens (including phenoxy) is 2. The van der Waals surface area contributed by atoms with Crippen LogP contribution in [-0.2, 0) is 9.47 Å². The molecule has 0 amide bonds. The molecule has 0 bridgehead atoms. The second-order valence-corrected chi connectivity index (χ2v) is 6.77. The summed E-state index contributed by atoms with van der Waals surface area (Å²) in [4.78, 5) is 8.76. The van der Waals surface area contributed by atoms with E-state index in [2.05, 4.69) is 20.2 Å². The maximum Gasteiger partial charge on any atom is 0.167 e. The summed E-state index contributed by atoms with van der Waals surface area (Å²) in [6, 6.07) is 1.88. The summed E-state index contributed by atoms with van der Waals surface area (Å²) >= 11 is 0. The maximum absolute atomic E-state index is 10.6. The van der Waals surface area contributed by atoms with Crippen LogP contribution in [-0.4, -0.2) is 66.0 Å². The average molecular weight is 357 g/mol. The number of H-pyrrole nitrogens is 1. The van der Waals surface area contributed by atoms with E-state index in [1.54, 1.807) is 6.20 Å². The van der Waals surface area contributed by atoms with Crippen molar-refractivity contribution < 1.29 is 19.7 Å². The topological polar surface area (TPSA) is 118 Å². The van der Waals surface area contributed by atoms with Gasteiger partial charge >= 0.3 is 0 Å². The van der Waals surface area contributed by atoms with Crippen molar-refractivity contribution in [3.8, 4) is 11.3 Å². The highest BCUT2D eigenvalue weighted by atomic mass is 16.6. The van der Waals surface area contributed by atoms with E-state index in [0.29, 0.717) is 18.7 Å². The van der Waals surface area contributed by atoms with E-state index in [1.807, 2.05) is 23.8 Å². The Hall–Kier alpha value is -2.33. The van der Waals surface area contributed by atoms with Crippen LogP contribution in [0.2, 0.25) is 0 Å². The molecule has 4 atom stereocenters. The zero-order chi connectivity index (χ0) is 17.9. The van der Waals surface area contributed by atoms with Gasteiger partial charge in [0, 0.05) is 29.8 Å². The Morgan fingerprint density at radius 1 is 1.42 bits per heavy atom. The number of nitrogens with zero attached hydrogens (tertiary/aromatic N) is 4. The molecule has 9 heteroatoms. The predicted molar refractivity (Wildman–Crippen MR) is 90.1 cm³/mol. The molecule has 9 nitrogen and oxygen atoms in total. The number of fused-ring (bicyclic) bond motifs is 1. The van der Waals surface area contributed by atoms with Gasteiger partial charge in [-0.2, -0.15) is 5.10 Å². The monoisotopic (exact) mass is 357 g/mol. The highest BCUT2D eigenvalue weighted by Gasteiger charge is 2.61. The van der Waals surface area contributed by atoms with Crippen molar-refractivity contribution in [2.45, 2.75) is 37.4 Å². The Morgan fingerprint density at radius 2 is 2.27 bits per heavy atom. The first-order chi connectivity index (χ1) is 12.7. The largest absolute Gasteiger partial charge is 0.394 e. The predicted octanol–water partition coefficient (Wildman–Crippen LogP) is 0.540. The van der Waals surface area contributed by atoms with Crippen molar-refractivity contribution in [1.82, 2.24) is 24.7 Å². The Morgan fingerprint density at radius 3 is 2.92 bits per heavy atom. The Bertz CT molecular complexity index is 950. The standard InChI is InChI=1S/C17H19N5O4/c1-9-13-10(11-2-4-20-21-11)6-22(15(13)19-8-18-9)16-17(3-5-25-17)14(24)12(7-23)26-16/h2,4,6,8,12,14,16,23-24H,3,5,7H2,1H3,(H,20,21)/t12-,14-,16-,17-/m1/s1. The fourth-order valence-electron chi connectivity index (χ4n) is 4.05. The van der Waals surface area contributed by atoms with Crippen LogP contribution < -0.4 is 0 Å². The van der Waals surface area contributed by atoms with Gasteiger partial charge in [0.15, 0.2) is 6.23 Å². The summed E-state index contributed by atoms with van der Waals surface area (Å²) in [5.74, 6) is 0. The SMILES string of the molecule is Cc1ncnc2c1c(-c1cc[nH]n1)cn2[C@@H]1O[C@H](CO)[C@@H](O)[C@]12CCO2. The number of hydrogen-bond acceptors (Lipinski definition) is 7. The fourth-order valence-corrected chi connectivity index (χ4v) is 4.05. The Balaban J connectivity index is 1.72. The van der Waals surface area contributed by atoms with Gasteiger partial charge in [0.25, 0.3) is 0 Å². The lowest BCUT2D eigenvalue weighted by atomic mass is 9.86. The molecule has 26 heavy (non-hydrogen) atoms. The molecule has 1 spiro atoms. The van der Waals surface area contributed by atoms with Gasteiger partial charge in [-0.15, -0.1) is 0 Å². The molecular formula is C17H19N5O4. The third kappa shape index (κ3) is 1.96. The van der Waals surface area contributed by atoms with Crippen LogP contribution in [0.15, 0.2) is 24.8 Å². The summed E-state index contributed by atoms with van der Waals surface area (Å²) in [5.41, 5.74) is 2.28. The molecule has 0 aliphatic carbocycles. The molecule has 0 radical (unpaired) electrons. The van der Waals surface area contributed by atoms with Crippen LogP contribution in [0.3, 0.4) is 0 Å². The number of rotatable bonds is 3. The fraction of sp³-hybridized carbons (Fsp3) is 0.471. The molecule has 0 saturated carbocycles. The van der Waals surface area contributed by atoms with Gasteiger partial charge in [-0.25, -0.2) is 9.97 Å². The molecule has 2 fully saturated rings. The van der Waals surface area contributed by atoms with Gasteiger partial charge in [-0.05, 0) is 13.0 Å². The quantitative estimate of drug-likeness (QED) is 0.626.